The molecule has 4 nitrogen and oxygen atoms in total. The number of aliphatic carboxylic acids is 1. The molecule has 1 unspecified atom stereocenters. The quantitative estimate of drug-likeness (QED) is 0.607. The van der Waals surface area contributed by atoms with Gasteiger partial charge in [-0.3, -0.25) is 4.79 Å². The molecule has 0 amide bonds. The van der Waals surface area contributed by atoms with E-state index in [-0.39, 0.29) is 0 Å². The van der Waals surface area contributed by atoms with Crippen molar-refractivity contribution in [2.45, 2.75) is 59.4 Å². The molecular formula is C15H32N2O2. The Labute approximate surface area is 118 Å². The molecule has 0 spiro atoms. The summed E-state index contributed by atoms with van der Waals surface area (Å²) < 4.78 is 0. The van der Waals surface area contributed by atoms with Gasteiger partial charge in [0, 0.05) is 13.1 Å². The van der Waals surface area contributed by atoms with E-state index in [9.17, 15) is 9.90 Å². The van der Waals surface area contributed by atoms with E-state index in [1.165, 1.54) is 0 Å². The molecule has 19 heavy (non-hydrogen) atoms. The average Bonchev–Trinajstić information content (AvgIpc) is 2.40. The highest BCUT2D eigenvalue weighted by Gasteiger charge is 2.34. The van der Waals surface area contributed by atoms with Crippen LogP contribution in [0.1, 0.15) is 53.9 Å². The number of hydrogen-bond donors (Lipinski definition) is 2. The summed E-state index contributed by atoms with van der Waals surface area (Å²) in [5.41, 5.74) is -0.849. The second-order valence-electron chi connectivity index (χ2n) is 5.57. The molecule has 0 heterocycles. The molecule has 2 N–H and O–H groups in total. The summed E-state index contributed by atoms with van der Waals surface area (Å²) in [6, 6.07) is 0. The summed E-state index contributed by atoms with van der Waals surface area (Å²) in [5, 5.41) is 12.6. The maximum Gasteiger partial charge on any atom is 0.324 e. The first-order valence-electron chi connectivity index (χ1n) is 7.64. The van der Waals surface area contributed by atoms with Crippen LogP contribution in [0, 0.1) is 5.92 Å². The summed E-state index contributed by atoms with van der Waals surface area (Å²) in [4.78, 5) is 13.8. The Bertz CT molecular complexity index is 255. The van der Waals surface area contributed by atoms with Gasteiger partial charge in [0.1, 0.15) is 5.54 Å². The number of hydrogen-bond acceptors (Lipinski definition) is 3. The Kier molecular flexibility index (Phi) is 9.02. The molecular weight excluding hydrogens is 240 g/mol. The Hall–Kier alpha value is -0.610. The average molecular weight is 272 g/mol. The summed E-state index contributed by atoms with van der Waals surface area (Å²) >= 11 is 0. The lowest BCUT2D eigenvalue weighted by molar-refractivity contribution is -0.145. The molecule has 0 aliphatic carbocycles. The summed E-state index contributed by atoms with van der Waals surface area (Å²) in [5.74, 6) is -0.104. The first-order chi connectivity index (χ1) is 8.93. The van der Waals surface area contributed by atoms with Crippen LogP contribution in [0.15, 0.2) is 0 Å². The lowest BCUT2D eigenvalue weighted by Crippen LogP contribution is -2.57. The highest BCUT2D eigenvalue weighted by Crippen LogP contribution is 2.13. The van der Waals surface area contributed by atoms with E-state index in [4.69, 9.17) is 0 Å². The Morgan fingerprint density at radius 1 is 1.26 bits per heavy atom. The molecule has 0 saturated carbocycles. The van der Waals surface area contributed by atoms with Gasteiger partial charge in [0.15, 0.2) is 0 Å². The van der Waals surface area contributed by atoms with Crippen LogP contribution in [0.2, 0.25) is 0 Å². The second-order valence-corrected chi connectivity index (χ2v) is 5.57. The van der Waals surface area contributed by atoms with Crippen molar-refractivity contribution in [3.63, 3.8) is 0 Å². The summed E-state index contributed by atoms with van der Waals surface area (Å²) in [6.07, 6.45) is 3.25. The van der Waals surface area contributed by atoms with Crippen LogP contribution in [0.5, 0.6) is 0 Å². The van der Waals surface area contributed by atoms with Gasteiger partial charge in [-0.05, 0) is 32.4 Å². The Morgan fingerprint density at radius 2 is 1.84 bits per heavy atom. The Morgan fingerprint density at radius 3 is 2.21 bits per heavy atom. The number of nitrogens with one attached hydrogen (secondary N) is 1. The third-order valence-electron chi connectivity index (χ3n) is 3.90. The van der Waals surface area contributed by atoms with Gasteiger partial charge in [-0.15, -0.1) is 0 Å². The molecule has 0 rings (SSSR count). The summed E-state index contributed by atoms with van der Waals surface area (Å²) in [7, 11) is 0. The van der Waals surface area contributed by atoms with Crippen molar-refractivity contribution in [2.75, 3.05) is 26.2 Å². The topological polar surface area (TPSA) is 52.6 Å². The molecule has 114 valence electrons. The number of nitrogens with zero attached hydrogens (tertiary/aromatic N) is 1. The number of carboxylic acid groups (broad SMARTS) is 1. The fourth-order valence-corrected chi connectivity index (χ4v) is 2.26. The van der Waals surface area contributed by atoms with Crippen molar-refractivity contribution >= 4 is 5.97 Å². The number of rotatable bonds is 11. The Balaban J connectivity index is 4.64. The van der Waals surface area contributed by atoms with Gasteiger partial charge in [-0.1, -0.05) is 40.5 Å². The van der Waals surface area contributed by atoms with E-state index >= 15 is 0 Å². The lowest BCUT2D eigenvalue weighted by Gasteiger charge is -2.34. The molecule has 0 aromatic heterocycles. The van der Waals surface area contributed by atoms with Gasteiger partial charge in [0.2, 0.25) is 0 Å². The van der Waals surface area contributed by atoms with E-state index in [1.807, 2.05) is 0 Å². The lowest BCUT2D eigenvalue weighted by atomic mass is 9.98. The van der Waals surface area contributed by atoms with Crippen LogP contribution in [-0.4, -0.2) is 47.7 Å². The highest BCUT2D eigenvalue weighted by molar-refractivity contribution is 5.78. The normalized spacial score (nSPS) is 14.9. The van der Waals surface area contributed by atoms with E-state index in [0.29, 0.717) is 12.5 Å². The SMILES string of the molecule is CCCNC(C)(CN(CC)CC(CC)CC)C(=O)O. The minimum Gasteiger partial charge on any atom is -0.480 e. The first-order valence-corrected chi connectivity index (χ1v) is 7.64. The maximum atomic E-state index is 11.5. The molecule has 0 aromatic rings. The van der Waals surface area contributed by atoms with Crippen molar-refractivity contribution in [1.82, 2.24) is 10.2 Å². The molecule has 0 fully saturated rings. The van der Waals surface area contributed by atoms with Crippen molar-refractivity contribution in [1.29, 1.82) is 0 Å². The smallest absolute Gasteiger partial charge is 0.324 e. The third-order valence-corrected chi connectivity index (χ3v) is 3.90. The zero-order valence-electron chi connectivity index (χ0n) is 13.3. The van der Waals surface area contributed by atoms with E-state index in [0.717, 1.165) is 38.9 Å². The monoisotopic (exact) mass is 272 g/mol. The fourth-order valence-electron chi connectivity index (χ4n) is 2.26. The number of likely N-dealkylation sites (N-methyl/N-ethyl adjacent to an activating group) is 1. The fraction of sp³-hybridized carbons (Fsp3) is 0.933. The van der Waals surface area contributed by atoms with Crippen LogP contribution >= 0.6 is 0 Å². The van der Waals surface area contributed by atoms with Gasteiger partial charge in [-0.25, -0.2) is 0 Å². The van der Waals surface area contributed by atoms with Crippen LogP contribution in [-0.2, 0) is 4.79 Å². The summed E-state index contributed by atoms with van der Waals surface area (Å²) in [6.45, 7) is 13.5. The largest absolute Gasteiger partial charge is 0.480 e. The maximum absolute atomic E-state index is 11.5. The predicted molar refractivity (Wildman–Crippen MR) is 80.5 cm³/mol. The molecule has 0 aliphatic heterocycles. The third kappa shape index (κ3) is 6.39. The zero-order chi connectivity index (χ0) is 14.9. The van der Waals surface area contributed by atoms with Gasteiger partial charge in [0.25, 0.3) is 0 Å². The predicted octanol–water partition coefficient (Wildman–Crippen LogP) is 2.59. The standard InChI is InChI=1S/C15H32N2O2/c1-6-10-16-15(5,14(18)19)12-17(9-4)11-13(7-2)8-3/h13,16H,6-12H2,1-5H3,(H,18,19). The molecule has 0 aliphatic rings. The van der Waals surface area contributed by atoms with Gasteiger partial charge >= 0.3 is 5.97 Å². The van der Waals surface area contributed by atoms with Gasteiger partial charge in [-0.2, -0.15) is 0 Å². The van der Waals surface area contributed by atoms with Crippen LogP contribution in [0.4, 0.5) is 0 Å². The minimum absolute atomic E-state index is 0.565. The van der Waals surface area contributed by atoms with Crippen LogP contribution in [0.25, 0.3) is 0 Å². The minimum atomic E-state index is -0.849. The molecule has 0 saturated heterocycles. The van der Waals surface area contributed by atoms with Crippen molar-refractivity contribution in [3.8, 4) is 0 Å². The van der Waals surface area contributed by atoms with Crippen molar-refractivity contribution < 1.29 is 9.90 Å². The van der Waals surface area contributed by atoms with Gasteiger partial charge in [0.05, 0.1) is 0 Å². The zero-order valence-corrected chi connectivity index (χ0v) is 13.3. The van der Waals surface area contributed by atoms with E-state index < -0.39 is 11.5 Å². The second kappa shape index (κ2) is 9.32. The van der Waals surface area contributed by atoms with Gasteiger partial charge < -0.3 is 15.3 Å². The molecule has 1 atom stereocenters. The number of carbonyl (C=O) groups is 1. The first kappa shape index (κ1) is 18.4. The van der Waals surface area contributed by atoms with Crippen LogP contribution in [0.3, 0.4) is 0 Å². The van der Waals surface area contributed by atoms with Crippen molar-refractivity contribution in [2.24, 2.45) is 5.92 Å². The molecule has 0 bridgehead atoms. The molecule has 4 heteroatoms. The van der Waals surface area contributed by atoms with E-state index in [1.54, 1.807) is 6.92 Å². The molecule has 0 radical (unpaired) electrons. The highest BCUT2D eigenvalue weighted by atomic mass is 16.4. The van der Waals surface area contributed by atoms with E-state index in [2.05, 4.69) is 37.9 Å². The van der Waals surface area contributed by atoms with Crippen molar-refractivity contribution in [3.05, 3.63) is 0 Å². The molecule has 0 aromatic carbocycles. The van der Waals surface area contributed by atoms with Crippen LogP contribution < -0.4 is 5.32 Å². The number of carboxylic acids is 1.